The van der Waals surface area contributed by atoms with Crippen LogP contribution in [0.1, 0.15) is 12.8 Å². The van der Waals surface area contributed by atoms with Gasteiger partial charge in [-0.25, -0.2) is 14.6 Å². The molecule has 28 heavy (non-hydrogen) atoms. The number of urea groups is 2. The predicted octanol–water partition coefficient (Wildman–Crippen LogP) is -1.04. The van der Waals surface area contributed by atoms with Gasteiger partial charge in [-0.2, -0.15) is 13.5 Å². The molecule has 3 rings (SSSR count). The van der Waals surface area contributed by atoms with Crippen LogP contribution in [-0.2, 0) is 19.5 Å². The van der Waals surface area contributed by atoms with Gasteiger partial charge in [0.2, 0.25) is 0 Å². The van der Waals surface area contributed by atoms with Crippen LogP contribution in [0.4, 0.5) is 15.3 Å². The van der Waals surface area contributed by atoms with E-state index in [0.29, 0.717) is 10.8 Å². The van der Waals surface area contributed by atoms with Crippen LogP contribution < -0.4 is 16.2 Å². The number of carbonyl (C=O) groups is 3. The average molecular weight is 423 g/mol. The Morgan fingerprint density at radius 1 is 1.25 bits per heavy atom. The molecule has 12 nitrogen and oxygen atoms in total. The maximum atomic E-state index is 12.6. The molecular formula is C14H18N5NaO7S. The van der Waals surface area contributed by atoms with Gasteiger partial charge in [0.05, 0.1) is 11.7 Å². The number of fused-ring (bicyclic) bond motifs is 2. The molecule has 4 N–H and O–H groups in total. The van der Waals surface area contributed by atoms with Crippen molar-refractivity contribution in [2.24, 2.45) is 5.73 Å². The molecule has 2 fully saturated rings. The Balaban J connectivity index is 0.00000280. The van der Waals surface area contributed by atoms with E-state index in [0.717, 1.165) is 9.91 Å². The van der Waals surface area contributed by atoms with E-state index in [2.05, 4.69) is 9.71 Å². The third-order valence-corrected chi connectivity index (χ3v) is 4.61. The van der Waals surface area contributed by atoms with Crippen LogP contribution in [0.5, 0.6) is 0 Å². The summed E-state index contributed by atoms with van der Waals surface area (Å²) in [4.78, 5) is 37.8. The summed E-state index contributed by atoms with van der Waals surface area (Å²) in [7, 11) is -4.87. The maximum absolute atomic E-state index is 12.6. The molecule has 2 atom stereocenters. The molecular weight excluding hydrogens is 405 g/mol. The molecule has 2 saturated heterocycles. The second kappa shape index (κ2) is 8.63. The third-order valence-electron chi connectivity index (χ3n) is 4.26. The standard InChI is InChI=1S/C14H17N5O7S.Na.H/c15-13(21)18(9-4-2-1-3-5-9)16-12(20)11-7-6-10-8-17(11)14(22)19(10)26-27(23,24)25;;/h1-5,10-11H,6-8H2,(H2,15,21)(H,16,20)(H,23,24,25);;/t10-,11+;;/m1../s1. The molecule has 14 heteroatoms. The van der Waals surface area contributed by atoms with Crippen molar-refractivity contribution in [3.8, 4) is 0 Å². The topological polar surface area (TPSA) is 163 Å². The van der Waals surface area contributed by atoms with Crippen LogP contribution in [0.15, 0.2) is 30.3 Å². The second-order valence-corrected chi connectivity index (χ2v) is 7.00. The number of anilines is 1. The summed E-state index contributed by atoms with van der Waals surface area (Å²) in [5, 5.41) is 1.38. The fraction of sp³-hybridized carbons (Fsp3) is 0.357. The van der Waals surface area contributed by atoms with Crippen molar-refractivity contribution >= 4 is 63.6 Å². The molecule has 0 spiro atoms. The van der Waals surface area contributed by atoms with Crippen LogP contribution >= 0.6 is 0 Å². The van der Waals surface area contributed by atoms with Gasteiger partial charge in [0.25, 0.3) is 5.91 Å². The molecule has 148 valence electrons. The minimum atomic E-state index is -4.87. The number of carbonyl (C=O) groups excluding carboxylic acids is 3. The Morgan fingerprint density at radius 3 is 2.46 bits per heavy atom. The van der Waals surface area contributed by atoms with E-state index >= 15 is 0 Å². The number of benzene rings is 1. The molecule has 2 heterocycles. The zero-order valence-corrected chi connectivity index (χ0v) is 14.7. The number of hydrogen-bond acceptors (Lipinski definition) is 6. The van der Waals surface area contributed by atoms with Gasteiger partial charge < -0.3 is 10.6 Å². The Labute approximate surface area is 182 Å². The Bertz CT molecular complexity index is 868. The van der Waals surface area contributed by atoms with Crippen LogP contribution in [0.3, 0.4) is 0 Å². The van der Waals surface area contributed by atoms with E-state index in [1.54, 1.807) is 30.3 Å². The number of nitrogens with zero attached hydrogens (tertiary/aromatic N) is 3. The molecule has 0 unspecified atom stereocenters. The fourth-order valence-corrected chi connectivity index (χ4v) is 3.50. The number of primary amides is 1. The molecule has 5 amide bonds. The molecule has 0 aliphatic carbocycles. The number of hydroxylamine groups is 2. The van der Waals surface area contributed by atoms with Gasteiger partial charge in [-0.05, 0) is 25.0 Å². The number of amides is 5. The van der Waals surface area contributed by atoms with E-state index in [4.69, 9.17) is 10.3 Å². The predicted molar refractivity (Wildman–Crippen MR) is 97.2 cm³/mol. The summed E-state index contributed by atoms with van der Waals surface area (Å²) in [6.45, 7) is 0.0361. The zero-order valence-electron chi connectivity index (χ0n) is 13.9. The summed E-state index contributed by atoms with van der Waals surface area (Å²) in [5.74, 6) is -0.668. The van der Waals surface area contributed by atoms with Gasteiger partial charge >= 0.3 is 52.0 Å². The third kappa shape index (κ3) is 4.74. The van der Waals surface area contributed by atoms with E-state index in [9.17, 15) is 22.8 Å². The number of nitrogens with two attached hydrogens (primary N) is 1. The van der Waals surface area contributed by atoms with Gasteiger partial charge in [-0.1, -0.05) is 18.2 Å². The fourth-order valence-electron chi connectivity index (χ4n) is 3.11. The van der Waals surface area contributed by atoms with Crippen molar-refractivity contribution < 1.29 is 31.6 Å². The van der Waals surface area contributed by atoms with Crippen molar-refractivity contribution in [2.75, 3.05) is 11.6 Å². The van der Waals surface area contributed by atoms with Crippen molar-refractivity contribution in [3.63, 3.8) is 0 Å². The van der Waals surface area contributed by atoms with E-state index < -0.39 is 40.5 Å². The van der Waals surface area contributed by atoms with Gasteiger partial charge in [0.1, 0.15) is 6.04 Å². The Hall–Kier alpha value is -1.90. The van der Waals surface area contributed by atoms with Crippen molar-refractivity contribution in [2.45, 2.75) is 24.9 Å². The van der Waals surface area contributed by atoms with E-state index in [1.165, 1.54) is 0 Å². The average Bonchev–Trinajstić information content (AvgIpc) is 2.83. The van der Waals surface area contributed by atoms with Gasteiger partial charge in [-0.3, -0.25) is 14.8 Å². The minimum absolute atomic E-state index is 0. The second-order valence-electron chi connectivity index (χ2n) is 6.00. The SMILES string of the molecule is NC(=O)N(NC(=O)[C@@H]1CC[C@@H]2CN1C(=O)N2OS(=O)(=O)O)c1ccccc1.[NaH]. The van der Waals surface area contributed by atoms with E-state index in [1.807, 2.05) is 0 Å². The summed E-state index contributed by atoms with van der Waals surface area (Å²) in [6.07, 6.45) is 0.465. The molecule has 2 aliphatic rings. The monoisotopic (exact) mass is 423 g/mol. The first-order valence-electron chi connectivity index (χ1n) is 7.89. The number of rotatable bonds is 4. The quantitative estimate of drug-likeness (QED) is 0.316. The van der Waals surface area contributed by atoms with Crippen molar-refractivity contribution in [3.05, 3.63) is 30.3 Å². The molecule has 0 saturated carbocycles. The Morgan fingerprint density at radius 2 is 1.89 bits per heavy atom. The summed E-state index contributed by atoms with van der Waals surface area (Å²) < 4.78 is 34.9. The molecule has 2 aliphatic heterocycles. The van der Waals surface area contributed by atoms with Gasteiger partial charge in [0, 0.05) is 6.54 Å². The normalized spacial score (nSPS) is 21.1. The number of piperidine rings is 1. The van der Waals surface area contributed by atoms with Crippen molar-refractivity contribution in [1.82, 2.24) is 15.4 Å². The van der Waals surface area contributed by atoms with Crippen molar-refractivity contribution in [1.29, 1.82) is 0 Å². The molecule has 0 radical (unpaired) electrons. The molecule has 0 aromatic heterocycles. The number of nitrogens with one attached hydrogen (secondary N) is 1. The number of para-hydroxylation sites is 1. The summed E-state index contributed by atoms with van der Waals surface area (Å²) >= 11 is 0. The van der Waals surface area contributed by atoms with Crippen LogP contribution in [0.2, 0.25) is 0 Å². The molecule has 2 bridgehead atoms. The van der Waals surface area contributed by atoms with Gasteiger partial charge in [0.15, 0.2) is 0 Å². The molecule has 1 aromatic rings. The first-order valence-corrected chi connectivity index (χ1v) is 9.26. The summed E-state index contributed by atoms with van der Waals surface area (Å²) in [5.41, 5.74) is 8.01. The van der Waals surface area contributed by atoms with Crippen LogP contribution in [0.25, 0.3) is 0 Å². The number of hydrazine groups is 1. The summed E-state index contributed by atoms with van der Waals surface area (Å²) in [6, 6.07) is 4.76. The van der Waals surface area contributed by atoms with Gasteiger partial charge in [-0.15, -0.1) is 4.28 Å². The first kappa shape index (κ1) is 22.4. The van der Waals surface area contributed by atoms with Crippen LogP contribution in [-0.4, -0.2) is 89.1 Å². The Kier molecular flexibility index (Phi) is 6.90. The number of hydrogen-bond donors (Lipinski definition) is 3. The molecule has 1 aromatic carbocycles. The first-order chi connectivity index (χ1) is 12.7. The zero-order chi connectivity index (χ0) is 19.8. The van der Waals surface area contributed by atoms with Crippen LogP contribution in [0, 0.1) is 0 Å². The van der Waals surface area contributed by atoms with E-state index in [-0.39, 0.29) is 48.9 Å².